The number of fused-ring (bicyclic) bond motifs is 2. The summed E-state index contributed by atoms with van der Waals surface area (Å²) in [6, 6.07) is 17.6. The van der Waals surface area contributed by atoms with Gasteiger partial charge < -0.3 is 9.47 Å². The minimum absolute atomic E-state index is 0.210. The summed E-state index contributed by atoms with van der Waals surface area (Å²) < 4.78 is 13.3. The minimum atomic E-state index is -0.385. The number of unbranched alkanes of at least 4 members (excludes halogenated alkanes) is 1. The molecule has 0 unspecified atom stereocenters. The highest BCUT2D eigenvalue weighted by Crippen LogP contribution is 2.37. The number of ether oxygens (including phenoxy) is 2. The lowest BCUT2D eigenvalue weighted by molar-refractivity contribution is -0.123. The van der Waals surface area contributed by atoms with Crippen molar-refractivity contribution in [3.8, 4) is 11.5 Å². The smallest absolute Gasteiger partial charge is 0.277 e. The Morgan fingerprint density at radius 1 is 1.06 bits per heavy atom. The first-order valence-electron chi connectivity index (χ1n) is 10.9. The number of aromatic nitrogens is 1. The van der Waals surface area contributed by atoms with Crippen LogP contribution in [0.4, 0.5) is 0 Å². The first-order valence-corrected chi connectivity index (χ1v) is 12.5. The first-order chi connectivity index (χ1) is 16.6. The van der Waals surface area contributed by atoms with E-state index in [0.29, 0.717) is 22.3 Å². The molecule has 34 heavy (non-hydrogen) atoms. The third-order valence-corrected chi connectivity index (χ3v) is 6.41. The first kappa shape index (κ1) is 24.2. The number of nitrogens with one attached hydrogen (secondary N) is 1. The normalized spacial score (nSPS) is 11.3. The molecule has 0 saturated heterocycles. The molecule has 0 aliphatic rings. The van der Waals surface area contributed by atoms with Crippen molar-refractivity contribution >= 4 is 65.7 Å². The molecule has 0 bridgehead atoms. The van der Waals surface area contributed by atoms with E-state index in [9.17, 15) is 4.79 Å². The monoisotopic (exact) mass is 583 g/mol. The van der Waals surface area contributed by atoms with E-state index >= 15 is 0 Å². The molecule has 4 aromatic rings. The second kappa shape index (κ2) is 11.4. The van der Waals surface area contributed by atoms with Crippen molar-refractivity contribution in [2.75, 3.05) is 13.2 Å². The fourth-order valence-corrected chi connectivity index (χ4v) is 4.87. The number of nitrogens with zero attached hydrogens (tertiary/aromatic N) is 2. The summed E-state index contributed by atoms with van der Waals surface area (Å²) >= 11 is 7.01. The summed E-state index contributed by atoms with van der Waals surface area (Å²) in [5, 5.41) is 7.14. The van der Waals surface area contributed by atoms with Crippen molar-refractivity contribution < 1.29 is 14.3 Å². The van der Waals surface area contributed by atoms with Gasteiger partial charge in [-0.1, -0.05) is 65.7 Å². The third kappa shape index (κ3) is 5.56. The number of rotatable bonds is 9. The summed E-state index contributed by atoms with van der Waals surface area (Å²) in [4.78, 5) is 16.8. The van der Waals surface area contributed by atoms with Crippen LogP contribution in [0, 0.1) is 0 Å². The second-order valence-electron chi connectivity index (χ2n) is 7.55. The van der Waals surface area contributed by atoms with Crippen molar-refractivity contribution in [3.05, 3.63) is 75.3 Å². The van der Waals surface area contributed by atoms with E-state index in [1.165, 1.54) is 0 Å². The summed E-state index contributed by atoms with van der Waals surface area (Å²) in [5.74, 6) is 0.847. The van der Waals surface area contributed by atoms with Crippen LogP contribution in [0.15, 0.2) is 74.8 Å². The SMILES string of the molecule is CCCCOc1ccc2ccccc2c1/C=N/NC(=O)COc1c(Br)cc(Br)c2cccnc12. The molecule has 0 spiro atoms. The molecule has 0 saturated carbocycles. The second-order valence-corrected chi connectivity index (χ2v) is 9.26. The molecule has 0 atom stereocenters. The fraction of sp³-hybridized carbons (Fsp3) is 0.192. The Hall–Kier alpha value is -2.97. The summed E-state index contributed by atoms with van der Waals surface area (Å²) in [5.41, 5.74) is 4.02. The third-order valence-electron chi connectivity index (χ3n) is 5.17. The van der Waals surface area contributed by atoms with Crippen LogP contribution in [-0.4, -0.2) is 30.3 Å². The highest BCUT2D eigenvalue weighted by Gasteiger charge is 2.13. The van der Waals surface area contributed by atoms with Crippen molar-refractivity contribution in [2.45, 2.75) is 19.8 Å². The van der Waals surface area contributed by atoms with E-state index in [1.807, 2.05) is 54.6 Å². The number of amides is 1. The van der Waals surface area contributed by atoms with E-state index in [0.717, 1.165) is 44.8 Å². The van der Waals surface area contributed by atoms with Gasteiger partial charge in [-0.25, -0.2) is 5.43 Å². The summed E-state index contributed by atoms with van der Waals surface area (Å²) in [6.45, 7) is 2.54. The van der Waals surface area contributed by atoms with Gasteiger partial charge in [0.25, 0.3) is 5.91 Å². The minimum Gasteiger partial charge on any atom is -0.493 e. The molecule has 0 radical (unpaired) electrons. The maximum atomic E-state index is 12.5. The number of hydrogen-bond acceptors (Lipinski definition) is 5. The molecular weight excluding hydrogens is 562 g/mol. The average Bonchev–Trinajstić information content (AvgIpc) is 2.85. The molecule has 1 N–H and O–H groups in total. The van der Waals surface area contributed by atoms with Gasteiger partial charge in [0.2, 0.25) is 0 Å². The molecular formula is C26H23Br2N3O3. The molecule has 1 aromatic heterocycles. The molecule has 6 nitrogen and oxygen atoms in total. The van der Waals surface area contributed by atoms with Crippen molar-refractivity contribution in [3.63, 3.8) is 0 Å². The Balaban J connectivity index is 1.48. The molecule has 0 fully saturated rings. The number of hydrazone groups is 1. The molecule has 174 valence electrons. The Bertz CT molecular complexity index is 1360. The van der Waals surface area contributed by atoms with Gasteiger partial charge >= 0.3 is 0 Å². The van der Waals surface area contributed by atoms with E-state index < -0.39 is 0 Å². The van der Waals surface area contributed by atoms with Gasteiger partial charge in [-0.3, -0.25) is 9.78 Å². The van der Waals surface area contributed by atoms with Crippen LogP contribution in [0.5, 0.6) is 11.5 Å². The van der Waals surface area contributed by atoms with Gasteiger partial charge in [-0.2, -0.15) is 5.10 Å². The van der Waals surface area contributed by atoms with E-state index in [4.69, 9.17) is 9.47 Å². The Morgan fingerprint density at radius 2 is 1.88 bits per heavy atom. The van der Waals surface area contributed by atoms with E-state index in [2.05, 4.69) is 54.3 Å². The highest BCUT2D eigenvalue weighted by atomic mass is 79.9. The van der Waals surface area contributed by atoms with Crippen molar-refractivity contribution in [1.29, 1.82) is 0 Å². The zero-order valence-electron chi connectivity index (χ0n) is 18.6. The van der Waals surface area contributed by atoms with Gasteiger partial charge in [0.15, 0.2) is 12.4 Å². The van der Waals surface area contributed by atoms with Crippen LogP contribution in [0.2, 0.25) is 0 Å². The molecule has 0 aliphatic heterocycles. The number of carbonyl (C=O) groups excluding carboxylic acids is 1. The van der Waals surface area contributed by atoms with Crippen LogP contribution >= 0.6 is 31.9 Å². The predicted molar refractivity (Wildman–Crippen MR) is 143 cm³/mol. The Labute approximate surface area is 214 Å². The van der Waals surface area contributed by atoms with Crippen LogP contribution in [0.3, 0.4) is 0 Å². The van der Waals surface area contributed by atoms with Crippen LogP contribution < -0.4 is 14.9 Å². The molecule has 1 heterocycles. The quantitative estimate of drug-likeness (QED) is 0.136. The largest absolute Gasteiger partial charge is 0.493 e. The summed E-state index contributed by atoms with van der Waals surface area (Å²) in [6.07, 6.45) is 5.32. The maximum absolute atomic E-state index is 12.5. The standard InChI is InChI=1S/C26H23Br2N3O3/c1-2-3-13-33-23-11-10-17-7-4-5-8-18(17)20(23)15-30-31-24(32)16-34-26-22(28)14-21(27)19-9-6-12-29-25(19)26/h4-12,14-15H,2-3,13,16H2,1H3,(H,31,32)/b30-15+. The Morgan fingerprint density at radius 3 is 2.74 bits per heavy atom. The maximum Gasteiger partial charge on any atom is 0.277 e. The fourth-order valence-electron chi connectivity index (χ4n) is 3.48. The molecule has 3 aromatic carbocycles. The number of carbonyl (C=O) groups is 1. The van der Waals surface area contributed by atoms with Crippen molar-refractivity contribution in [2.24, 2.45) is 5.10 Å². The predicted octanol–water partition coefficient (Wildman–Crippen LogP) is 6.62. The summed E-state index contributed by atoms with van der Waals surface area (Å²) in [7, 11) is 0. The van der Waals surface area contributed by atoms with Gasteiger partial charge in [-0.05, 0) is 51.3 Å². The van der Waals surface area contributed by atoms with E-state index in [1.54, 1.807) is 12.4 Å². The van der Waals surface area contributed by atoms with Crippen LogP contribution in [-0.2, 0) is 4.79 Å². The highest BCUT2D eigenvalue weighted by molar-refractivity contribution is 9.11. The number of halogens is 2. The average molecular weight is 585 g/mol. The van der Waals surface area contributed by atoms with E-state index in [-0.39, 0.29) is 12.5 Å². The molecule has 0 aliphatic carbocycles. The van der Waals surface area contributed by atoms with Gasteiger partial charge in [0, 0.05) is 21.6 Å². The Kier molecular flexibility index (Phi) is 8.13. The number of pyridine rings is 1. The lowest BCUT2D eigenvalue weighted by Crippen LogP contribution is -2.24. The number of hydrogen-bond donors (Lipinski definition) is 1. The van der Waals surface area contributed by atoms with Gasteiger partial charge in [-0.15, -0.1) is 0 Å². The van der Waals surface area contributed by atoms with Crippen LogP contribution in [0.1, 0.15) is 25.3 Å². The van der Waals surface area contributed by atoms with Gasteiger partial charge in [0.1, 0.15) is 11.3 Å². The lowest BCUT2D eigenvalue weighted by atomic mass is 10.0. The lowest BCUT2D eigenvalue weighted by Gasteiger charge is -2.12. The van der Waals surface area contributed by atoms with Crippen LogP contribution in [0.25, 0.3) is 21.7 Å². The zero-order chi connectivity index (χ0) is 23.9. The molecule has 8 heteroatoms. The topological polar surface area (TPSA) is 72.8 Å². The molecule has 4 rings (SSSR count). The van der Waals surface area contributed by atoms with Gasteiger partial charge in [0.05, 0.1) is 17.3 Å². The zero-order valence-corrected chi connectivity index (χ0v) is 21.7. The van der Waals surface area contributed by atoms with Crippen molar-refractivity contribution in [1.82, 2.24) is 10.4 Å². The molecule has 1 amide bonds. The number of benzene rings is 3.